The molecule has 10 aromatic rings. The first kappa shape index (κ1) is 28.0. The average Bonchev–Trinajstić information content (AvgIpc) is 3.82. The minimum atomic E-state index is -0.0415. The third kappa shape index (κ3) is 3.54. The molecule has 240 valence electrons. The van der Waals surface area contributed by atoms with Crippen LogP contribution in [0.1, 0.15) is 26.3 Å². The van der Waals surface area contributed by atoms with Crippen LogP contribution in [-0.2, 0) is 5.41 Å². The minimum absolute atomic E-state index is 0.0415. The van der Waals surface area contributed by atoms with Crippen LogP contribution in [0.3, 0.4) is 0 Å². The number of nitrogens with zero attached hydrogens (tertiary/aromatic N) is 2. The molecule has 0 fully saturated rings. The van der Waals surface area contributed by atoms with Crippen LogP contribution in [0.25, 0.3) is 80.7 Å². The van der Waals surface area contributed by atoms with Gasteiger partial charge in [-0.1, -0.05) is 99.6 Å². The van der Waals surface area contributed by atoms with Crippen LogP contribution >= 0.6 is 11.3 Å². The Labute approximate surface area is 299 Å². The van der Waals surface area contributed by atoms with Gasteiger partial charge in [0.2, 0.25) is 0 Å². The lowest BCUT2D eigenvalue weighted by Gasteiger charge is -2.42. The monoisotopic (exact) mass is 670 g/mol. The molecule has 0 radical (unpaired) electrons. The van der Waals surface area contributed by atoms with Crippen LogP contribution in [0.5, 0.6) is 0 Å². The van der Waals surface area contributed by atoms with E-state index in [9.17, 15) is 0 Å². The summed E-state index contributed by atoms with van der Waals surface area (Å²) in [5.41, 5.74) is 14.7. The summed E-state index contributed by atoms with van der Waals surface area (Å²) in [6.45, 7) is 6.83. The zero-order valence-corrected chi connectivity index (χ0v) is 29.3. The number of benzene rings is 7. The first-order valence-electron chi connectivity index (χ1n) is 17.8. The molecule has 7 aromatic carbocycles. The van der Waals surface area contributed by atoms with Gasteiger partial charge in [-0.15, -0.1) is 11.3 Å². The fraction of sp³-hybridized carbons (Fsp3) is 0.0870. The smallest absolute Gasteiger partial charge is 0.333 e. The standard InChI is InChI=1S/C46H31BN2OS/c1-46(2,3)28-19-21-29(22-20-28)49-37-24-27-12-5-4-11-26(27)23-33(37)34-25-35-30-13-7-9-18-39(30)51-45(35)43-40(34)47(49)36-16-10-15-32-41(36)48(43)42-31-14-6-8-17-38(31)50-44(32)42/h4-25H,1-3H3. The van der Waals surface area contributed by atoms with Gasteiger partial charge in [0.1, 0.15) is 11.1 Å². The second-order valence-electron chi connectivity index (χ2n) is 15.3. The summed E-state index contributed by atoms with van der Waals surface area (Å²) < 4.78 is 12.0. The molecular weight excluding hydrogens is 639 g/mol. The number of anilines is 2. The van der Waals surface area contributed by atoms with Crippen LogP contribution in [0, 0.1) is 0 Å². The van der Waals surface area contributed by atoms with E-state index in [-0.39, 0.29) is 12.3 Å². The van der Waals surface area contributed by atoms with Gasteiger partial charge < -0.3 is 13.8 Å². The topological polar surface area (TPSA) is 21.3 Å². The fourth-order valence-electron chi connectivity index (χ4n) is 9.18. The van der Waals surface area contributed by atoms with Gasteiger partial charge in [0, 0.05) is 43.2 Å². The van der Waals surface area contributed by atoms with Crippen molar-refractivity contribution in [2.45, 2.75) is 26.2 Å². The third-order valence-electron chi connectivity index (χ3n) is 11.5. The molecule has 0 spiro atoms. The van der Waals surface area contributed by atoms with Gasteiger partial charge in [-0.25, -0.2) is 0 Å². The Hall–Kier alpha value is -5.78. The number of para-hydroxylation sites is 2. The highest BCUT2D eigenvalue weighted by Crippen LogP contribution is 2.50. The van der Waals surface area contributed by atoms with Crippen molar-refractivity contribution in [2.75, 3.05) is 4.81 Å². The van der Waals surface area contributed by atoms with E-state index < -0.39 is 0 Å². The highest BCUT2D eigenvalue weighted by molar-refractivity contribution is 7.26. The molecule has 2 aliphatic heterocycles. The first-order chi connectivity index (χ1) is 24.9. The number of thiophene rings is 1. The molecule has 0 N–H and O–H groups in total. The molecule has 51 heavy (non-hydrogen) atoms. The van der Waals surface area contributed by atoms with E-state index in [0.717, 1.165) is 27.5 Å². The van der Waals surface area contributed by atoms with Crippen molar-refractivity contribution in [2.24, 2.45) is 0 Å². The Bertz CT molecular complexity index is 3140. The molecular formula is C46H31BN2OS. The maximum Gasteiger partial charge on any atom is 0.333 e. The van der Waals surface area contributed by atoms with Crippen molar-refractivity contribution in [3.05, 3.63) is 139 Å². The predicted octanol–water partition coefficient (Wildman–Crippen LogP) is 11.6. The molecule has 0 aliphatic carbocycles. The number of hydrogen-bond donors (Lipinski definition) is 0. The Morgan fingerprint density at radius 2 is 1.35 bits per heavy atom. The molecule has 12 rings (SSSR count). The number of rotatable bonds is 1. The van der Waals surface area contributed by atoms with E-state index in [1.54, 1.807) is 0 Å². The van der Waals surface area contributed by atoms with Crippen molar-refractivity contribution < 1.29 is 4.42 Å². The zero-order chi connectivity index (χ0) is 33.7. The van der Waals surface area contributed by atoms with E-state index >= 15 is 0 Å². The highest BCUT2D eigenvalue weighted by Gasteiger charge is 2.45. The molecule has 0 saturated heterocycles. The molecule has 3 aromatic heterocycles. The fourth-order valence-corrected chi connectivity index (χ4v) is 10.4. The molecule has 5 heteroatoms. The van der Waals surface area contributed by atoms with Crippen LogP contribution in [0.2, 0.25) is 0 Å². The lowest BCUT2D eigenvalue weighted by atomic mass is 9.44. The van der Waals surface area contributed by atoms with Crippen LogP contribution in [0.15, 0.2) is 138 Å². The number of aromatic nitrogens is 1. The number of hydrogen-bond acceptors (Lipinski definition) is 3. The highest BCUT2D eigenvalue weighted by atomic mass is 32.1. The van der Waals surface area contributed by atoms with Crippen molar-refractivity contribution in [1.29, 1.82) is 0 Å². The van der Waals surface area contributed by atoms with Gasteiger partial charge in [0.25, 0.3) is 0 Å². The Morgan fingerprint density at radius 3 is 2.18 bits per heavy atom. The Kier molecular flexibility index (Phi) is 5.22. The van der Waals surface area contributed by atoms with E-state index in [1.807, 2.05) is 11.3 Å². The summed E-state index contributed by atoms with van der Waals surface area (Å²) >= 11 is 1.92. The number of fused-ring (bicyclic) bond motifs is 14. The van der Waals surface area contributed by atoms with Crippen LogP contribution in [-0.4, -0.2) is 11.4 Å². The van der Waals surface area contributed by atoms with Crippen molar-refractivity contribution in [3.8, 4) is 16.8 Å². The summed E-state index contributed by atoms with van der Waals surface area (Å²) in [5, 5.41) is 7.44. The normalized spacial score (nSPS) is 13.7. The molecule has 0 unspecified atom stereocenters. The van der Waals surface area contributed by atoms with Gasteiger partial charge in [0.05, 0.1) is 15.9 Å². The van der Waals surface area contributed by atoms with Crippen LogP contribution < -0.4 is 15.7 Å². The van der Waals surface area contributed by atoms with Crippen LogP contribution in [0.4, 0.5) is 11.4 Å². The minimum Gasteiger partial charge on any atom is -0.454 e. The Balaban J connectivity index is 1.31. The molecule has 3 nitrogen and oxygen atoms in total. The number of furan rings is 1. The average molecular weight is 671 g/mol. The molecule has 0 saturated carbocycles. The quantitative estimate of drug-likeness (QED) is 0.162. The van der Waals surface area contributed by atoms with E-state index in [2.05, 4.69) is 164 Å². The van der Waals surface area contributed by atoms with Gasteiger partial charge in [-0.2, -0.15) is 0 Å². The predicted molar refractivity (Wildman–Crippen MR) is 219 cm³/mol. The SMILES string of the molecule is CC(C)(C)c1ccc(N2B3c4c(cc5c(sc6ccccc65)c4-n4c5c3cccc5c3oc5ccccc5c34)-c3cc4ccccc4cc32)cc1. The zero-order valence-electron chi connectivity index (χ0n) is 28.5. The van der Waals surface area contributed by atoms with E-state index in [1.165, 1.54) is 81.1 Å². The first-order valence-corrected chi connectivity index (χ1v) is 18.6. The summed E-state index contributed by atoms with van der Waals surface area (Å²) in [7, 11) is 0. The lowest BCUT2D eigenvalue weighted by Crippen LogP contribution is -2.60. The molecule has 0 amide bonds. The molecule has 2 aliphatic rings. The van der Waals surface area contributed by atoms with Crippen molar-refractivity contribution in [1.82, 2.24) is 4.57 Å². The summed E-state index contributed by atoms with van der Waals surface area (Å²) in [6.07, 6.45) is 0. The Morgan fingerprint density at radius 1 is 0.627 bits per heavy atom. The molecule has 0 atom stereocenters. The molecule has 0 bridgehead atoms. The largest absolute Gasteiger partial charge is 0.454 e. The summed E-state index contributed by atoms with van der Waals surface area (Å²) in [5.74, 6) is 0. The van der Waals surface area contributed by atoms with Gasteiger partial charge >= 0.3 is 6.85 Å². The van der Waals surface area contributed by atoms with Crippen molar-refractivity contribution in [3.63, 3.8) is 0 Å². The summed E-state index contributed by atoms with van der Waals surface area (Å²) in [4.78, 5) is 2.63. The van der Waals surface area contributed by atoms with E-state index in [0.29, 0.717) is 0 Å². The van der Waals surface area contributed by atoms with Gasteiger partial charge in [-0.3, -0.25) is 0 Å². The maximum absolute atomic E-state index is 6.77. The molecule has 5 heterocycles. The van der Waals surface area contributed by atoms with Gasteiger partial charge in [0.15, 0.2) is 5.58 Å². The summed E-state index contributed by atoms with van der Waals surface area (Å²) in [6, 6.07) is 49.8. The second kappa shape index (κ2) is 9.51. The van der Waals surface area contributed by atoms with E-state index in [4.69, 9.17) is 4.42 Å². The lowest BCUT2D eigenvalue weighted by molar-refractivity contribution is 0.590. The second-order valence-corrected chi connectivity index (χ2v) is 16.4. The third-order valence-corrected chi connectivity index (χ3v) is 12.7. The maximum atomic E-state index is 6.77. The van der Waals surface area contributed by atoms with Crippen molar-refractivity contribution >= 4 is 104 Å². The van der Waals surface area contributed by atoms with Gasteiger partial charge in [-0.05, 0) is 92.8 Å².